The molecular weight excluding hydrogens is 186 g/mol. The zero-order valence-corrected chi connectivity index (χ0v) is 9.87. The van der Waals surface area contributed by atoms with Gasteiger partial charge in [-0.3, -0.25) is 4.79 Å². The van der Waals surface area contributed by atoms with Gasteiger partial charge in [-0.05, 0) is 19.4 Å². The van der Waals surface area contributed by atoms with Gasteiger partial charge in [-0.1, -0.05) is 43.7 Å². The smallest absolute Gasteiger partial charge is 0.223 e. The van der Waals surface area contributed by atoms with Crippen molar-refractivity contribution in [1.29, 1.82) is 0 Å². The zero-order chi connectivity index (χ0) is 11.4. The maximum Gasteiger partial charge on any atom is 0.223 e. The van der Waals surface area contributed by atoms with Crippen molar-refractivity contribution in [2.75, 3.05) is 0 Å². The highest BCUT2D eigenvalue weighted by Crippen LogP contribution is 2.14. The maximum atomic E-state index is 11.5. The second kappa shape index (κ2) is 4.96. The molecule has 0 radical (unpaired) electrons. The number of carbonyl (C=O) groups excluding carboxylic acids is 1. The normalized spacial score (nSPS) is 12.6. The molecule has 1 rings (SSSR count). The number of hydrogen-bond acceptors (Lipinski definition) is 1. The Morgan fingerprint density at radius 1 is 1.27 bits per heavy atom. The van der Waals surface area contributed by atoms with Crippen LogP contribution in [0.1, 0.15) is 37.9 Å². The fraction of sp³-hybridized carbons (Fsp3) is 0.462. The van der Waals surface area contributed by atoms with Crippen molar-refractivity contribution in [1.82, 2.24) is 5.32 Å². The zero-order valence-electron chi connectivity index (χ0n) is 9.87. The Hall–Kier alpha value is -1.31. The molecular formula is C13H19NO. The molecule has 0 fully saturated rings. The topological polar surface area (TPSA) is 29.1 Å². The first-order chi connectivity index (χ1) is 7.00. The number of amides is 1. The largest absolute Gasteiger partial charge is 0.349 e. The van der Waals surface area contributed by atoms with Crippen LogP contribution in [-0.2, 0) is 4.79 Å². The van der Waals surface area contributed by atoms with Gasteiger partial charge in [0.2, 0.25) is 5.91 Å². The van der Waals surface area contributed by atoms with Crippen LogP contribution < -0.4 is 5.32 Å². The lowest BCUT2D eigenvalue weighted by Crippen LogP contribution is -2.30. The van der Waals surface area contributed by atoms with Crippen LogP contribution in [0.5, 0.6) is 0 Å². The molecule has 1 amide bonds. The Morgan fingerprint density at radius 3 is 2.47 bits per heavy atom. The van der Waals surface area contributed by atoms with E-state index in [-0.39, 0.29) is 17.9 Å². The number of nitrogens with one attached hydrogen (secondary N) is 1. The summed E-state index contributed by atoms with van der Waals surface area (Å²) in [6.07, 6.45) is 0. The van der Waals surface area contributed by atoms with Gasteiger partial charge < -0.3 is 5.32 Å². The third kappa shape index (κ3) is 3.39. The van der Waals surface area contributed by atoms with Crippen LogP contribution in [0.3, 0.4) is 0 Å². The first kappa shape index (κ1) is 11.8. The molecule has 82 valence electrons. The number of benzene rings is 1. The minimum absolute atomic E-state index is 0.0391. The Kier molecular flexibility index (Phi) is 3.89. The summed E-state index contributed by atoms with van der Waals surface area (Å²) in [4.78, 5) is 11.5. The van der Waals surface area contributed by atoms with Gasteiger partial charge >= 0.3 is 0 Å². The highest BCUT2D eigenvalue weighted by Gasteiger charge is 2.11. The average molecular weight is 205 g/mol. The summed E-state index contributed by atoms with van der Waals surface area (Å²) in [5, 5.41) is 2.98. The Bertz CT molecular complexity index is 344. The molecule has 0 aromatic heterocycles. The van der Waals surface area contributed by atoms with Crippen LogP contribution in [-0.4, -0.2) is 5.91 Å². The van der Waals surface area contributed by atoms with Crippen LogP contribution in [0.15, 0.2) is 24.3 Å². The highest BCUT2D eigenvalue weighted by molar-refractivity contribution is 5.78. The van der Waals surface area contributed by atoms with Gasteiger partial charge in [0.15, 0.2) is 0 Å². The Morgan fingerprint density at radius 2 is 1.93 bits per heavy atom. The standard InChI is InChI=1S/C13H19NO/c1-9(2)13(15)14-11(4)12-7-5-6-10(3)8-12/h5-9,11H,1-4H3,(H,14,15)/t11-/m0/s1. The van der Waals surface area contributed by atoms with Crippen LogP contribution in [0.4, 0.5) is 0 Å². The first-order valence-corrected chi connectivity index (χ1v) is 5.37. The van der Waals surface area contributed by atoms with Crippen molar-refractivity contribution in [3.63, 3.8) is 0 Å². The van der Waals surface area contributed by atoms with Crippen molar-refractivity contribution in [2.24, 2.45) is 5.92 Å². The number of aryl methyl sites for hydroxylation is 1. The Labute approximate surface area is 91.7 Å². The lowest BCUT2D eigenvalue weighted by Gasteiger charge is -2.16. The second-order valence-corrected chi connectivity index (χ2v) is 4.30. The molecule has 1 aromatic rings. The number of carbonyl (C=O) groups is 1. The van der Waals surface area contributed by atoms with Gasteiger partial charge in [-0.2, -0.15) is 0 Å². The lowest BCUT2D eigenvalue weighted by molar-refractivity contribution is -0.124. The van der Waals surface area contributed by atoms with Crippen LogP contribution in [0, 0.1) is 12.8 Å². The van der Waals surface area contributed by atoms with E-state index in [0.717, 1.165) is 5.56 Å². The van der Waals surface area contributed by atoms with Crippen molar-refractivity contribution in [3.05, 3.63) is 35.4 Å². The maximum absolute atomic E-state index is 11.5. The van der Waals surface area contributed by atoms with E-state index in [9.17, 15) is 4.79 Å². The van der Waals surface area contributed by atoms with E-state index >= 15 is 0 Å². The van der Waals surface area contributed by atoms with E-state index in [0.29, 0.717) is 0 Å². The van der Waals surface area contributed by atoms with E-state index in [4.69, 9.17) is 0 Å². The molecule has 0 unspecified atom stereocenters. The second-order valence-electron chi connectivity index (χ2n) is 4.30. The molecule has 1 atom stereocenters. The van der Waals surface area contributed by atoms with Crippen LogP contribution in [0.2, 0.25) is 0 Å². The van der Waals surface area contributed by atoms with E-state index in [1.807, 2.05) is 32.9 Å². The first-order valence-electron chi connectivity index (χ1n) is 5.37. The van der Waals surface area contributed by atoms with Gasteiger partial charge in [-0.25, -0.2) is 0 Å². The molecule has 0 bridgehead atoms. The van der Waals surface area contributed by atoms with Crippen LogP contribution >= 0.6 is 0 Å². The van der Waals surface area contributed by atoms with Crippen LogP contribution in [0.25, 0.3) is 0 Å². The summed E-state index contributed by atoms with van der Waals surface area (Å²) in [7, 11) is 0. The lowest BCUT2D eigenvalue weighted by atomic mass is 10.1. The van der Waals surface area contributed by atoms with Gasteiger partial charge in [-0.15, -0.1) is 0 Å². The van der Waals surface area contributed by atoms with Crippen molar-refractivity contribution in [3.8, 4) is 0 Å². The van der Waals surface area contributed by atoms with Gasteiger partial charge in [0.25, 0.3) is 0 Å². The van der Waals surface area contributed by atoms with E-state index < -0.39 is 0 Å². The monoisotopic (exact) mass is 205 g/mol. The Balaban J connectivity index is 2.69. The van der Waals surface area contributed by atoms with Gasteiger partial charge in [0.05, 0.1) is 6.04 Å². The SMILES string of the molecule is Cc1cccc([C@H](C)NC(=O)C(C)C)c1. The number of rotatable bonds is 3. The summed E-state index contributed by atoms with van der Waals surface area (Å²) < 4.78 is 0. The minimum atomic E-state index is 0.0391. The van der Waals surface area contributed by atoms with Crippen molar-refractivity contribution < 1.29 is 4.79 Å². The molecule has 0 spiro atoms. The molecule has 2 nitrogen and oxygen atoms in total. The molecule has 0 saturated heterocycles. The third-order valence-corrected chi connectivity index (χ3v) is 2.43. The molecule has 0 saturated carbocycles. The summed E-state index contributed by atoms with van der Waals surface area (Å²) >= 11 is 0. The number of hydrogen-bond donors (Lipinski definition) is 1. The summed E-state index contributed by atoms with van der Waals surface area (Å²) in [6, 6.07) is 8.30. The molecule has 0 aliphatic carbocycles. The quantitative estimate of drug-likeness (QED) is 0.807. The average Bonchev–Trinajstić information content (AvgIpc) is 2.17. The fourth-order valence-corrected chi connectivity index (χ4v) is 1.40. The molecule has 1 aromatic carbocycles. The fourth-order valence-electron chi connectivity index (χ4n) is 1.40. The van der Waals surface area contributed by atoms with Crippen molar-refractivity contribution in [2.45, 2.75) is 33.7 Å². The highest BCUT2D eigenvalue weighted by atomic mass is 16.1. The van der Waals surface area contributed by atoms with E-state index in [1.54, 1.807) is 0 Å². The van der Waals surface area contributed by atoms with Gasteiger partial charge in [0, 0.05) is 5.92 Å². The van der Waals surface area contributed by atoms with E-state index in [1.165, 1.54) is 5.56 Å². The summed E-state index contributed by atoms with van der Waals surface area (Å²) in [5.74, 6) is 0.140. The van der Waals surface area contributed by atoms with Crippen molar-refractivity contribution >= 4 is 5.91 Å². The predicted octanol–water partition coefficient (Wildman–Crippen LogP) is 2.83. The van der Waals surface area contributed by atoms with E-state index in [2.05, 4.69) is 24.4 Å². The molecule has 0 aliphatic rings. The molecule has 0 heterocycles. The molecule has 15 heavy (non-hydrogen) atoms. The predicted molar refractivity (Wildman–Crippen MR) is 62.6 cm³/mol. The summed E-state index contributed by atoms with van der Waals surface area (Å²) in [5.41, 5.74) is 2.38. The van der Waals surface area contributed by atoms with Gasteiger partial charge in [0.1, 0.15) is 0 Å². The third-order valence-electron chi connectivity index (χ3n) is 2.43. The molecule has 1 N–H and O–H groups in total. The summed E-state index contributed by atoms with van der Waals surface area (Å²) in [6.45, 7) is 7.87. The molecule has 0 aliphatic heterocycles. The minimum Gasteiger partial charge on any atom is -0.349 e. The molecule has 2 heteroatoms.